The number of carboxylic acid groups (broad SMARTS) is 2. The second-order valence-electron chi connectivity index (χ2n) is 12.4. The Kier molecular flexibility index (Phi) is 12.8. The minimum absolute atomic E-state index is 0.117. The van der Waals surface area contributed by atoms with E-state index in [2.05, 4.69) is 22.3 Å². The normalized spacial score (nSPS) is 18.8. The number of hydrogen-bond acceptors (Lipinski definition) is 6. The van der Waals surface area contributed by atoms with Crippen molar-refractivity contribution in [3.05, 3.63) is 119 Å². The van der Waals surface area contributed by atoms with Crippen molar-refractivity contribution in [2.75, 3.05) is 53.4 Å². The fourth-order valence-electron chi connectivity index (χ4n) is 6.17. The van der Waals surface area contributed by atoms with E-state index in [0.29, 0.717) is 55.6 Å². The third-order valence-corrected chi connectivity index (χ3v) is 8.93. The third kappa shape index (κ3) is 9.73. The Labute approximate surface area is 289 Å². The molecule has 0 aliphatic carbocycles. The van der Waals surface area contributed by atoms with Crippen LogP contribution >= 0.6 is 0 Å². The van der Waals surface area contributed by atoms with E-state index in [1.54, 1.807) is 42.1 Å². The molecule has 5 rings (SSSR count). The highest BCUT2D eigenvalue weighted by Gasteiger charge is 2.42. The Morgan fingerprint density at radius 2 is 1.44 bits per heavy atom. The Hall–Kier alpha value is -5.14. The molecule has 2 heterocycles. The molecule has 2 aliphatic rings. The number of morpholine rings is 1. The van der Waals surface area contributed by atoms with E-state index in [-0.39, 0.29) is 25.1 Å². The maximum Gasteiger partial charge on any atom is 0.328 e. The molecule has 11 nitrogen and oxygen atoms in total. The summed E-state index contributed by atoms with van der Waals surface area (Å²) < 4.78 is 34.8. The van der Waals surface area contributed by atoms with Gasteiger partial charge in [0.2, 0.25) is 0 Å². The number of rotatable bonds is 9. The van der Waals surface area contributed by atoms with E-state index in [1.807, 2.05) is 36.4 Å². The summed E-state index contributed by atoms with van der Waals surface area (Å²) in [6.45, 7) is 3.00. The topological polar surface area (TPSA) is 140 Å². The number of hydrogen-bond donors (Lipinski definition) is 3. The first-order valence-corrected chi connectivity index (χ1v) is 16.2. The largest absolute Gasteiger partial charge is 0.478 e. The standard InChI is InChI=1S/C33H38F2N4O3.C4H4O4/c1-37(2)31(41)36-32(26-11-7-4-8-12-26)15-18-38(19-16-32)20-17-33(27-13-14-28(34)29(35)23-27)24-39(21-22-42-33)30(40)25-9-5-3-6-10-25;5-3(6)1-2-4(7)8/h3-14,23H,15-22,24H2,1-2H3,(H,36,41);1-2H,(H,5,6)(H,7,8)/b;2-1+. The molecule has 2 saturated heterocycles. The zero-order valence-electron chi connectivity index (χ0n) is 28.1. The number of likely N-dealkylation sites (tertiary alicyclic amines) is 1. The van der Waals surface area contributed by atoms with E-state index < -0.39 is 34.7 Å². The van der Waals surface area contributed by atoms with Gasteiger partial charge in [-0.3, -0.25) is 4.79 Å². The molecule has 1 unspecified atom stereocenters. The van der Waals surface area contributed by atoms with Gasteiger partial charge < -0.3 is 35.0 Å². The van der Waals surface area contributed by atoms with Crippen molar-refractivity contribution in [2.45, 2.75) is 30.4 Å². The number of amides is 3. The molecule has 3 N–H and O–H groups in total. The molecule has 2 aliphatic heterocycles. The number of piperidine rings is 1. The summed E-state index contributed by atoms with van der Waals surface area (Å²) >= 11 is 0. The van der Waals surface area contributed by atoms with E-state index in [0.717, 1.165) is 24.7 Å². The maximum absolute atomic E-state index is 14.5. The number of benzene rings is 3. The second kappa shape index (κ2) is 17.0. The number of halogens is 2. The quantitative estimate of drug-likeness (QED) is 0.275. The van der Waals surface area contributed by atoms with Crippen LogP contribution in [0.25, 0.3) is 0 Å². The first kappa shape index (κ1) is 37.7. The summed E-state index contributed by atoms with van der Waals surface area (Å²) in [6, 6.07) is 22.8. The molecule has 0 spiro atoms. The fourth-order valence-corrected chi connectivity index (χ4v) is 6.17. The van der Waals surface area contributed by atoms with Crippen LogP contribution in [0.1, 0.15) is 40.7 Å². The van der Waals surface area contributed by atoms with Crippen molar-refractivity contribution in [3.8, 4) is 0 Å². The minimum Gasteiger partial charge on any atom is -0.478 e. The average molecular weight is 693 g/mol. The van der Waals surface area contributed by atoms with Crippen LogP contribution in [0.3, 0.4) is 0 Å². The van der Waals surface area contributed by atoms with Gasteiger partial charge in [0.05, 0.1) is 18.7 Å². The van der Waals surface area contributed by atoms with Crippen molar-refractivity contribution in [2.24, 2.45) is 0 Å². The number of carbonyl (C=O) groups is 4. The lowest BCUT2D eigenvalue weighted by Gasteiger charge is -2.46. The average Bonchev–Trinajstić information content (AvgIpc) is 3.12. The number of aliphatic carboxylic acids is 2. The van der Waals surface area contributed by atoms with Gasteiger partial charge in [0.1, 0.15) is 5.60 Å². The number of carboxylic acids is 2. The van der Waals surface area contributed by atoms with Gasteiger partial charge in [0, 0.05) is 58.0 Å². The molecule has 13 heteroatoms. The van der Waals surface area contributed by atoms with Crippen LogP contribution < -0.4 is 5.32 Å². The molecule has 1 atom stereocenters. The summed E-state index contributed by atoms with van der Waals surface area (Å²) in [6.07, 6.45) is 3.03. The zero-order chi connectivity index (χ0) is 36.3. The number of nitrogens with one attached hydrogen (secondary N) is 1. The molecule has 50 heavy (non-hydrogen) atoms. The van der Waals surface area contributed by atoms with E-state index >= 15 is 0 Å². The molecule has 0 saturated carbocycles. The molecule has 0 bridgehead atoms. The van der Waals surface area contributed by atoms with Crippen molar-refractivity contribution in [3.63, 3.8) is 0 Å². The SMILES string of the molecule is CN(C)C(=O)NC1(c2ccccc2)CCN(CCC2(c3ccc(F)c(F)c3)CN(C(=O)c3ccccc3)CCO2)CC1.O=C(O)/C=C/C(=O)O. The van der Waals surface area contributed by atoms with E-state index in [4.69, 9.17) is 14.9 Å². The number of urea groups is 1. The highest BCUT2D eigenvalue weighted by molar-refractivity contribution is 5.94. The van der Waals surface area contributed by atoms with Gasteiger partial charge in [-0.1, -0.05) is 54.6 Å². The molecule has 0 aromatic heterocycles. The second-order valence-corrected chi connectivity index (χ2v) is 12.4. The van der Waals surface area contributed by atoms with Crippen molar-refractivity contribution in [1.82, 2.24) is 20.0 Å². The summed E-state index contributed by atoms with van der Waals surface area (Å²) in [5.74, 6) is -4.49. The predicted octanol–water partition coefficient (Wildman–Crippen LogP) is 4.70. The van der Waals surface area contributed by atoms with Gasteiger partial charge >= 0.3 is 18.0 Å². The van der Waals surface area contributed by atoms with Crippen LogP contribution in [0.4, 0.5) is 13.6 Å². The molecule has 3 aromatic rings. The minimum atomic E-state index is -1.26. The van der Waals surface area contributed by atoms with Crippen LogP contribution in [0, 0.1) is 11.6 Å². The lowest BCUT2D eigenvalue weighted by molar-refractivity contribution is -0.134. The zero-order valence-corrected chi connectivity index (χ0v) is 28.1. The molecule has 266 valence electrons. The fraction of sp³-hybridized carbons (Fsp3) is 0.351. The lowest BCUT2D eigenvalue weighted by Crippen LogP contribution is -2.56. The van der Waals surface area contributed by atoms with Gasteiger partial charge in [0.25, 0.3) is 5.91 Å². The molecule has 3 aromatic carbocycles. The molecule has 2 fully saturated rings. The number of carbonyl (C=O) groups excluding carboxylic acids is 2. The molecule has 3 amide bonds. The van der Waals surface area contributed by atoms with E-state index in [1.165, 1.54) is 6.07 Å². The van der Waals surface area contributed by atoms with Crippen LogP contribution in [-0.4, -0.2) is 102 Å². The third-order valence-electron chi connectivity index (χ3n) is 8.93. The van der Waals surface area contributed by atoms with Crippen LogP contribution in [-0.2, 0) is 25.5 Å². The Morgan fingerprint density at radius 1 is 0.840 bits per heavy atom. The lowest BCUT2D eigenvalue weighted by atomic mass is 9.80. The van der Waals surface area contributed by atoms with Gasteiger partial charge in [-0.2, -0.15) is 0 Å². The van der Waals surface area contributed by atoms with Gasteiger partial charge in [-0.05, 0) is 54.7 Å². The molecular weight excluding hydrogens is 650 g/mol. The van der Waals surface area contributed by atoms with Crippen LogP contribution in [0.2, 0.25) is 0 Å². The Morgan fingerprint density at radius 3 is 2.00 bits per heavy atom. The summed E-state index contributed by atoms with van der Waals surface area (Å²) in [5.41, 5.74) is 0.679. The Bertz CT molecular complexity index is 1650. The summed E-state index contributed by atoms with van der Waals surface area (Å²) in [7, 11) is 3.47. The smallest absolute Gasteiger partial charge is 0.328 e. The van der Waals surface area contributed by atoms with Gasteiger partial charge in [-0.15, -0.1) is 0 Å². The van der Waals surface area contributed by atoms with E-state index in [9.17, 15) is 28.0 Å². The van der Waals surface area contributed by atoms with Crippen LogP contribution in [0.5, 0.6) is 0 Å². The van der Waals surface area contributed by atoms with Gasteiger partial charge in [-0.25, -0.2) is 23.2 Å². The first-order chi connectivity index (χ1) is 23.8. The predicted molar refractivity (Wildman–Crippen MR) is 181 cm³/mol. The highest BCUT2D eigenvalue weighted by Crippen LogP contribution is 2.37. The maximum atomic E-state index is 14.5. The van der Waals surface area contributed by atoms with Crippen molar-refractivity contribution >= 4 is 23.9 Å². The number of ether oxygens (including phenoxy) is 1. The monoisotopic (exact) mass is 692 g/mol. The number of nitrogens with zero attached hydrogens (tertiary/aromatic N) is 3. The first-order valence-electron chi connectivity index (χ1n) is 16.2. The van der Waals surface area contributed by atoms with Crippen molar-refractivity contribution < 1.29 is 42.9 Å². The van der Waals surface area contributed by atoms with Gasteiger partial charge in [0.15, 0.2) is 11.6 Å². The molecular formula is C37H42F2N4O7. The van der Waals surface area contributed by atoms with Crippen molar-refractivity contribution in [1.29, 1.82) is 0 Å². The highest BCUT2D eigenvalue weighted by atomic mass is 19.2. The summed E-state index contributed by atoms with van der Waals surface area (Å²) in [5, 5.41) is 18.9. The van der Waals surface area contributed by atoms with Crippen LogP contribution in [0.15, 0.2) is 91.0 Å². The Balaban J connectivity index is 0.000000627. The molecule has 0 radical (unpaired) electrons. The summed E-state index contributed by atoms with van der Waals surface area (Å²) in [4.78, 5) is 50.8.